The summed E-state index contributed by atoms with van der Waals surface area (Å²) in [5, 5.41) is 10.4. The molecular formula is C10H14N4O3S. The smallest absolute Gasteiger partial charge is 0.269 e. The second-order valence-electron chi connectivity index (χ2n) is 4.27. The van der Waals surface area contributed by atoms with Crippen LogP contribution in [-0.2, 0) is 9.84 Å². The van der Waals surface area contributed by atoms with Gasteiger partial charge in [0.2, 0.25) is 0 Å². The SMILES string of the molecule is NC(=O)c1ccc(NC2CCCS(=O)(=O)C2)nn1. The number of nitrogens with zero attached hydrogens (tertiary/aromatic N) is 2. The molecule has 2 heterocycles. The van der Waals surface area contributed by atoms with Crippen molar-refractivity contribution in [3.63, 3.8) is 0 Å². The number of aromatic nitrogens is 2. The van der Waals surface area contributed by atoms with Crippen molar-refractivity contribution in [2.45, 2.75) is 18.9 Å². The molecule has 1 aliphatic rings. The second-order valence-corrected chi connectivity index (χ2v) is 6.49. The van der Waals surface area contributed by atoms with E-state index in [1.165, 1.54) is 6.07 Å². The first-order valence-corrected chi connectivity index (χ1v) is 7.39. The van der Waals surface area contributed by atoms with E-state index in [1.54, 1.807) is 6.07 Å². The first-order valence-electron chi connectivity index (χ1n) is 5.57. The number of nitrogens with one attached hydrogen (secondary N) is 1. The van der Waals surface area contributed by atoms with Gasteiger partial charge >= 0.3 is 0 Å². The van der Waals surface area contributed by atoms with Gasteiger partial charge in [0.25, 0.3) is 5.91 Å². The number of amides is 1. The summed E-state index contributed by atoms with van der Waals surface area (Å²) in [6.45, 7) is 0. The quantitative estimate of drug-likeness (QED) is 0.769. The molecule has 3 N–H and O–H groups in total. The molecule has 18 heavy (non-hydrogen) atoms. The number of carbonyl (C=O) groups excluding carboxylic acids is 1. The number of anilines is 1. The lowest BCUT2D eigenvalue weighted by Crippen LogP contribution is -2.35. The molecule has 0 aliphatic carbocycles. The van der Waals surface area contributed by atoms with E-state index in [1.807, 2.05) is 0 Å². The lowest BCUT2D eigenvalue weighted by atomic mass is 10.2. The highest BCUT2D eigenvalue weighted by Crippen LogP contribution is 2.15. The first kappa shape index (κ1) is 12.7. The summed E-state index contributed by atoms with van der Waals surface area (Å²) in [5.74, 6) is 0.153. The third kappa shape index (κ3) is 3.16. The van der Waals surface area contributed by atoms with E-state index in [0.717, 1.165) is 6.42 Å². The third-order valence-electron chi connectivity index (χ3n) is 2.73. The lowest BCUT2D eigenvalue weighted by molar-refractivity contribution is 0.0994. The maximum absolute atomic E-state index is 11.5. The van der Waals surface area contributed by atoms with Crippen molar-refractivity contribution in [3.8, 4) is 0 Å². The number of carbonyl (C=O) groups is 1. The van der Waals surface area contributed by atoms with E-state index in [0.29, 0.717) is 12.2 Å². The zero-order chi connectivity index (χ0) is 13.2. The molecule has 98 valence electrons. The summed E-state index contributed by atoms with van der Waals surface area (Å²) in [6.07, 6.45) is 1.42. The van der Waals surface area contributed by atoms with Crippen LogP contribution >= 0.6 is 0 Å². The number of nitrogens with two attached hydrogens (primary N) is 1. The highest BCUT2D eigenvalue weighted by molar-refractivity contribution is 7.91. The zero-order valence-corrected chi connectivity index (χ0v) is 10.5. The summed E-state index contributed by atoms with van der Waals surface area (Å²) >= 11 is 0. The van der Waals surface area contributed by atoms with Crippen LogP contribution in [0.3, 0.4) is 0 Å². The summed E-state index contributed by atoms with van der Waals surface area (Å²) in [5.41, 5.74) is 5.12. The monoisotopic (exact) mass is 270 g/mol. The van der Waals surface area contributed by atoms with E-state index >= 15 is 0 Å². The van der Waals surface area contributed by atoms with Crippen molar-refractivity contribution in [2.75, 3.05) is 16.8 Å². The average Bonchev–Trinajstić information content (AvgIpc) is 2.28. The van der Waals surface area contributed by atoms with Crippen LogP contribution in [-0.4, -0.2) is 42.1 Å². The predicted molar refractivity (Wildman–Crippen MR) is 65.8 cm³/mol. The molecule has 1 unspecified atom stereocenters. The molecule has 1 aromatic heterocycles. The van der Waals surface area contributed by atoms with Crippen molar-refractivity contribution in [1.29, 1.82) is 0 Å². The van der Waals surface area contributed by atoms with Crippen LogP contribution in [0.5, 0.6) is 0 Å². The third-order valence-corrected chi connectivity index (χ3v) is 4.55. The van der Waals surface area contributed by atoms with E-state index in [-0.39, 0.29) is 23.2 Å². The van der Waals surface area contributed by atoms with Gasteiger partial charge in [-0.3, -0.25) is 4.79 Å². The van der Waals surface area contributed by atoms with Gasteiger partial charge in [-0.1, -0.05) is 0 Å². The minimum atomic E-state index is -2.96. The largest absolute Gasteiger partial charge is 0.365 e. The fraction of sp³-hybridized carbons (Fsp3) is 0.500. The Kier molecular flexibility index (Phi) is 3.46. The maximum Gasteiger partial charge on any atom is 0.269 e. The molecule has 1 atom stereocenters. The molecule has 1 fully saturated rings. The van der Waals surface area contributed by atoms with Gasteiger partial charge in [0.05, 0.1) is 11.5 Å². The van der Waals surface area contributed by atoms with Gasteiger partial charge in [-0.2, -0.15) is 0 Å². The highest BCUT2D eigenvalue weighted by atomic mass is 32.2. The maximum atomic E-state index is 11.5. The molecule has 1 aromatic rings. The van der Waals surface area contributed by atoms with Crippen molar-refractivity contribution >= 4 is 21.6 Å². The van der Waals surface area contributed by atoms with Crippen LogP contribution in [0, 0.1) is 0 Å². The van der Waals surface area contributed by atoms with Gasteiger partial charge in [0, 0.05) is 6.04 Å². The van der Waals surface area contributed by atoms with E-state index in [9.17, 15) is 13.2 Å². The Labute approximate surface area is 105 Å². The molecule has 7 nitrogen and oxygen atoms in total. The number of hydrogen-bond acceptors (Lipinski definition) is 6. The van der Waals surface area contributed by atoms with Crippen LogP contribution in [0.2, 0.25) is 0 Å². The van der Waals surface area contributed by atoms with E-state index < -0.39 is 15.7 Å². The van der Waals surface area contributed by atoms with Gasteiger partial charge < -0.3 is 11.1 Å². The molecule has 0 bridgehead atoms. The first-order chi connectivity index (χ1) is 8.46. The van der Waals surface area contributed by atoms with Crippen LogP contribution in [0.15, 0.2) is 12.1 Å². The molecule has 1 amide bonds. The van der Waals surface area contributed by atoms with Gasteiger partial charge in [-0.15, -0.1) is 10.2 Å². The standard InChI is InChI=1S/C10H14N4O3S/c11-10(15)8-3-4-9(14-13-8)12-7-2-1-5-18(16,17)6-7/h3-4,7H,1-2,5-6H2,(H2,11,15)(H,12,14). The Morgan fingerprint density at radius 1 is 1.39 bits per heavy atom. The van der Waals surface area contributed by atoms with Crippen LogP contribution in [0.1, 0.15) is 23.3 Å². The Balaban J connectivity index is 2.03. The Bertz CT molecular complexity index is 541. The molecule has 1 aliphatic heterocycles. The van der Waals surface area contributed by atoms with Crippen molar-refractivity contribution < 1.29 is 13.2 Å². The van der Waals surface area contributed by atoms with Gasteiger partial charge in [-0.05, 0) is 25.0 Å². The fourth-order valence-corrected chi connectivity index (χ4v) is 3.52. The van der Waals surface area contributed by atoms with Crippen molar-refractivity contribution in [1.82, 2.24) is 10.2 Å². The minimum Gasteiger partial charge on any atom is -0.365 e. The summed E-state index contributed by atoms with van der Waals surface area (Å²) in [4.78, 5) is 10.8. The molecule has 0 radical (unpaired) electrons. The molecule has 0 spiro atoms. The molecule has 1 saturated heterocycles. The highest BCUT2D eigenvalue weighted by Gasteiger charge is 2.24. The van der Waals surface area contributed by atoms with Crippen LogP contribution in [0.25, 0.3) is 0 Å². The molecule has 2 rings (SSSR count). The second kappa shape index (κ2) is 4.89. The molecule has 0 aromatic carbocycles. The van der Waals surface area contributed by atoms with E-state index in [4.69, 9.17) is 5.73 Å². The molecular weight excluding hydrogens is 256 g/mol. The van der Waals surface area contributed by atoms with Crippen molar-refractivity contribution in [2.24, 2.45) is 5.73 Å². The normalized spacial score (nSPS) is 22.3. The van der Waals surface area contributed by atoms with Gasteiger partial charge in [0.1, 0.15) is 5.82 Å². The summed E-state index contributed by atoms with van der Waals surface area (Å²) < 4.78 is 22.9. The minimum absolute atomic E-state index is 0.0804. The number of sulfone groups is 1. The predicted octanol–water partition coefficient (Wildman–Crippen LogP) is -0.435. The Morgan fingerprint density at radius 3 is 2.72 bits per heavy atom. The topological polar surface area (TPSA) is 115 Å². The zero-order valence-electron chi connectivity index (χ0n) is 9.67. The lowest BCUT2D eigenvalue weighted by Gasteiger charge is -2.23. The number of rotatable bonds is 3. The average molecular weight is 270 g/mol. The Morgan fingerprint density at radius 2 is 2.17 bits per heavy atom. The van der Waals surface area contributed by atoms with Gasteiger partial charge in [-0.25, -0.2) is 8.42 Å². The Hall–Kier alpha value is -1.70. The summed E-state index contributed by atoms with van der Waals surface area (Å²) in [7, 11) is -2.96. The molecule has 0 saturated carbocycles. The van der Waals surface area contributed by atoms with Crippen molar-refractivity contribution in [3.05, 3.63) is 17.8 Å². The fourth-order valence-electron chi connectivity index (χ4n) is 1.89. The number of hydrogen-bond donors (Lipinski definition) is 2. The summed E-state index contributed by atoms with van der Waals surface area (Å²) in [6, 6.07) is 2.86. The molecule has 8 heteroatoms. The van der Waals surface area contributed by atoms with Crippen LogP contribution < -0.4 is 11.1 Å². The number of primary amides is 1. The van der Waals surface area contributed by atoms with Crippen LogP contribution in [0.4, 0.5) is 5.82 Å². The van der Waals surface area contributed by atoms with E-state index in [2.05, 4.69) is 15.5 Å². The van der Waals surface area contributed by atoms with Gasteiger partial charge in [0.15, 0.2) is 15.5 Å².